The Labute approximate surface area is 136 Å². The number of benzene rings is 3. The summed E-state index contributed by atoms with van der Waals surface area (Å²) >= 11 is 3.42. The lowest BCUT2D eigenvalue weighted by atomic mass is 10.2. The highest BCUT2D eigenvalue weighted by molar-refractivity contribution is 7.99. The van der Waals surface area contributed by atoms with E-state index >= 15 is 0 Å². The van der Waals surface area contributed by atoms with Gasteiger partial charge < -0.3 is 0 Å². The van der Waals surface area contributed by atoms with Gasteiger partial charge in [0.05, 0.1) is 10.8 Å². The first-order chi connectivity index (χ1) is 10.8. The topological polar surface area (TPSA) is 21.4 Å². The average Bonchev–Trinajstić information content (AvgIpc) is 2.57. The van der Waals surface area contributed by atoms with Gasteiger partial charge in [-0.05, 0) is 42.5 Å². The molecule has 3 heteroatoms. The quantitative estimate of drug-likeness (QED) is 0.367. The summed E-state index contributed by atoms with van der Waals surface area (Å²) in [5.74, 6) is 0. The third-order valence-electron chi connectivity index (χ3n) is 3.55. The lowest BCUT2D eigenvalue weighted by molar-refractivity contribution is 0.590. The predicted molar refractivity (Wildman–Crippen MR) is 95.0 cm³/mol. The highest BCUT2D eigenvalue weighted by Crippen LogP contribution is 2.31. The molecule has 0 amide bonds. The molecule has 1 N–H and O–H groups in total. The molecule has 0 aliphatic heterocycles. The third kappa shape index (κ3) is 2.43. The van der Waals surface area contributed by atoms with E-state index in [4.69, 9.17) is 0 Å². The second-order valence-electron chi connectivity index (χ2n) is 5.02. The van der Waals surface area contributed by atoms with E-state index in [0.717, 1.165) is 25.1 Å². The van der Waals surface area contributed by atoms with Gasteiger partial charge in [-0.2, -0.15) is 0 Å². The van der Waals surface area contributed by atoms with Gasteiger partial charge in [-0.3, -0.25) is 4.79 Å². The van der Waals surface area contributed by atoms with Gasteiger partial charge in [0.25, 0.3) is 0 Å². The summed E-state index contributed by atoms with van der Waals surface area (Å²) in [6.07, 6.45) is 0. The highest BCUT2D eigenvalue weighted by atomic mass is 32.2. The summed E-state index contributed by atoms with van der Waals surface area (Å²) in [7, 11) is 0. The molecule has 0 atom stereocenters. The van der Waals surface area contributed by atoms with Crippen LogP contribution in [0.4, 0.5) is 0 Å². The molecule has 22 heavy (non-hydrogen) atoms. The number of hydrogen-bond donors (Lipinski definition) is 0. The van der Waals surface area contributed by atoms with Crippen molar-refractivity contribution in [3.8, 4) is 0 Å². The Hall–Kier alpha value is -2.10. The summed E-state index contributed by atoms with van der Waals surface area (Å²) in [6.45, 7) is 0. The smallest absolute Gasteiger partial charge is 0.273 e. The van der Waals surface area contributed by atoms with Crippen LogP contribution in [-0.2, 0) is 0 Å². The molecule has 0 aliphatic carbocycles. The lowest BCUT2D eigenvalue weighted by Gasteiger charge is -2.03. The molecule has 0 bridgehead atoms. The fourth-order valence-corrected chi connectivity index (χ4v) is 4.42. The van der Waals surface area contributed by atoms with Crippen LogP contribution in [0.25, 0.3) is 20.2 Å². The Bertz CT molecular complexity index is 1020. The normalized spacial score (nSPS) is 11.1. The van der Waals surface area contributed by atoms with Crippen LogP contribution >= 0.6 is 23.1 Å². The van der Waals surface area contributed by atoms with Crippen LogP contribution in [-0.4, -0.2) is 4.79 Å². The van der Waals surface area contributed by atoms with E-state index in [1.807, 2.05) is 42.5 Å². The predicted octanol–water partition coefficient (Wildman–Crippen LogP) is 5.21. The minimum Gasteiger partial charge on any atom is -0.273 e. The minimum atomic E-state index is 0.375. The minimum absolute atomic E-state index is 0.375. The fourth-order valence-electron chi connectivity index (χ4n) is 2.49. The van der Waals surface area contributed by atoms with Crippen molar-refractivity contribution in [3.63, 3.8) is 0 Å². The van der Waals surface area contributed by atoms with Crippen molar-refractivity contribution in [3.05, 3.63) is 78.2 Å². The fraction of sp³-hybridized carbons (Fsp3) is 0. The molecule has 4 aromatic rings. The van der Waals surface area contributed by atoms with Gasteiger partial charge in [0.1, 0.15) is 0 Å². The van der Waals surface area contributed by atoms with E-state index < -0.39 is 0 Å². The molecule has 1 aromatic heterocycles. The summed E-state index contributed by atoms with van der Waals surface area (Å²) in [5.41, 5.74) is 0.375. The van der Waals surface area contributed by atoms with Crippen LogP contribution in [0.3, 0.4) is 0 Å². The SMILES string of the molecule is [OH+]=c1c2ccccc2sc2ccc(Sc3ccccc3)cc12. The van der Waals surface area contributed by atoms with Crippen LogP contribution in [0.1, 0.15) is 0 Å². The molecule has 1 heterocycles. The van der Waals surface area contributed by atoms with Crippen LogP contribution in [0, 0.1) is 0 Å². The maximum atomic E-state index is 10.6. The maximum absolute atomic E-state index is 10.6. The van der Waals surface area contributed by atoms with Crippen molar-refractivity contribution >= 4 is 43.3 Å². The van der Waals surface area contributed by atoms with Gasteiger partial charge in [-0.25, -0.2) is 0 Å². The molecule has 0 spiro atoms. The van der Waals surface area contributed by atoms with E-state index in [-0.39, 0.29) is 0 Å². The van der Waals surface area contributed by atoms with Crippen LogP contribution in [0.2, 0.25) is 0 Å². The molecule has 0 fully saturated rings. The summed E-state index contributed by atoms with van der Waals surface area (Å²) in [6, 6.07) is 24.6. The first-order valence-electron chi connectivity index (χ1n) is 7.02. The number of hydrogen-bond acceptors (Lipinski definition) is 2. The van der Waals surface area contributed by atoms with Crippen molar-refractivity contribution in [2.24, 2.45) is 0 Å². The maximum Gasteiger partial charge on any atom is 0.357 e. The van der Waals surface area contributed by atoms with Crippen molar-refractivity contribution in [1.82, 2.24) is 0 Å². The zero-order chi connectivity index (χ0) is 14.9. The van der Waals surface area contributed by atoms with E-state index in [0.29, 0.717) is 5.43 Å². The molecule has 106 valence electrons. The van der Waals surface area contributed by atoms with Crippen molar-refractivity contribution in [1.29, 1.82) is 0 Å². The average molecular weight is 321 g/mol. The van der Waals surface area contributed by atoms with Gasteiger partial charge >= 0.3 is 5.43 Å². The highest BCUT2D eigenvalue weighted by Gasteiger charge is 2.11. The molecule has 0 unspecified atom stereocenters. The summed E-state index contributed by atoms with van der Waals surface area (Å²) < 4.78 is 2.21. The van der Waals surface area contributed by atoms with E-state index in [9.17, 15) is 4.79 Å². The Morgan fingerprint density at radius 1 is 0.682 bits per heavy atom. The van der Waals surface area contributed by atoms with Gasteiger partial charge in [-0.15, -0.1) is 11.3 Å². The van der Waals surface area contributed by atoms with Crippen molar-refractivity contribution in [2.45, 2.75) is 9.79 Å². The molecule has 0 aliphatic rings. The zero-order valence-electron chi connectivity index (χ0n) is 11.7. The molecule has 0 saturated carbocycles. The Morgan fingerprint density at radius 3 is 2.27 bits per heavy atom. The molecule has 3 aromatic carbocycles. The standard InChI is InChI=1S/C19H12OS2/c20-19-15-8-4-5-9-17(15)22-18-11-10-14(12-16(18)19)21-13-6-2-1-3-7-13/h1-12H/p+1. The largest absolute Gasteiger partial charge is 0.357 e. The molecule has 1 nitrogen and oxygen atoms in total. The third-order valence-corrected chi connectivity index (χ3v) is 5.70. The monoisotopic (exact) mass is 321 g/mol. The van der Waals surface area contributed by atoms with Crippen LogP contribution in [0.15, 0.2) is 82.6 Å². The summed E-state index contributed by atoms with van der Waals surface area (Å²) in [4.78, 5) is 12.9. The molecular formula is C19H13OS2+. The number of rotatable bonds is 2. The second-order valence-corrected chi connectivity index (χ2v) is 7.25. The van der Waals surface area contributed by atoms with E-state index in [1.54, 1.807) is 23.1 Å². The second kappa shape index (κ2) is 5.59. The molecule has 0 radical (unpaired) electrons. The van der Waals surface area contributed by atoms with E-state index in [2.05, 4.69) is 30.3 Å². The van der Waals surface area contributed by atoms with E-state index in [1.165, 1.54) is 4.90 Å². The molecular weight excluding hydrogens is 308 g/mol. The lowest BCUT2D eigenvalue weighted by Crippen LogP contribution is -2.03. The van der Waals surface area contributed by atoms with Crippen molar-refractivity contribution < 1.29 is 4.79 Å². The first-order valence-corrected chi connectivity index (χ1v) is 8.65. The van der Waals surface area contributed by atoms with Gasteiger partial charge in [0.15, 0.2) is 0 Å². The number of fused-ring (bicyclic) bond motifs is 2. The molecule has 0 saturated heterocycles. The van der Waals surface area contributed by atoms with Crippen LogP contribution in [0.5, 0.6) is 0 Å². The zero-order valence-corrected chi connectivity index (χ0v) is 13.3. The Kier molecular flexibility index (Phi) is 3.45. The Morgan fingerprint density at radius 2 is 1.41 bits per heavy atom. The molecule has 4 rings (SSSR count). The Balaban J connectivity index is 1.88. The van der Waals surface area contributed by atoms with Gasteiger partial charge in [0, 0.05) is 19.2 Å². The van der Waals surface area contributed by atoms with Crippen molar-refractivity contribution in [2.75, 3.05) is 0 Å². The summed E-state index contributed by atoms with van der Waals surface area (Å²) in [5, 5.41) is 1.84. The van der Waals surface area contributed by atoms with Gasteiger partial charge in [-0.1, -0.05) is 42.1 Å². The first kappa shape index (κ1) is 13.6. The van der Waals surface area contributed by atoms with Crippen LogP contribution < -0.4 is 5.43 Å². The van der Waals surface area contributed by atoms with Gasteiger partial charge in [0.2, 0.25) is 0 Å².